The number of carbonyl (C=O) groups excluding carboxylic acids is 3. The van der Waals surface area contributed by atoms with E-state index in [4.69, 9.17) is 13.9 Å². The number of nitrogens with one attached hydrogen (secondary N) is 1. The van der Waals surface area contributed by atoms with Gasteiger partial charge in [0.25, 0.3) is 5.91 Å². The summed E-state index contributed by atoms with van der Waals surface area (Å²) < 4.78 is 19.9. The number of benzene rings is 2. The molecule has 10 nitrogen and oxygen atoms in total. The fourth-order valence-corrected chi connectivity index (χ4v) is 2.51. The molecule has 0 atom stereocenters. The molecule has 3 rings (SSSR count). The number of anilines is 1. The van der Waals surface area contributed by atoms with E-state index in [9.17, 15) is 14.4 Å². The van der Waals surface area contributed by atoms with Gasteiger partial charge in [-0.15, -0.1) is 10.2 Å². The highest BCUT2D eigenvalue weighted by atomic mass is 16.5. The highest BCUT2D eigenvalue weighted by Crippen LogP contribution is 2.21. The maximum Gasteiger partial charge on any atom is 0.339 e. The minimum absolute atomic E-state index is 0.0856. The molecule has 0 aliphatic rings. The van der Waals surface area contributed by atoms with Gasteiger partial charge in [-0.25, -0.2) is 9.59 Å². The van der Waals surface area contributed by atoms with E-state index >= 15 is 0 Å². The Balaban J connectivity index is 1.67. The van der Waals surface area contributed by atoms with Crippen molar-refractivity contribution in [2.45, 2.75) is 0 Å². The first-order valence-electron chi connectivity index (χ1n) is 8.61. The highest BCUT2D eigenvalue weighted by molar-refractivity contribution is 6.03. The van der Waals surface area contributed by atoms with E-state index < -0.39 is 17.8 Å². The third-order valence-corrected chi connectivity index (χ3v) is 3.95. The van der Waals surface area contributed by atoms with Crippen LogP contribution in [0.2, 0.25) is 0 Å². The second kappa shape index (κ2) is 9.32. The Labute approximate surface area is 170 Å². The molecule has 1 amide bonds. The molecule has 0 bridgehead atoms. The number of ether oxygens (including phenoxy) is 3. The zero-order chi connectivity index (χ0) is 21.5. The summed E-state index contributed by atoms with van der Waals surface area (Å²) in [6.07, 6.45) is 1.22. The van der Waals surface area contributed by atoms with E-state index in [0.29, 0.717) is 17.2 Å². The number of esters is 2. The number of nitrogens with zero attached hydrogens (tertiary/aromatic N) is 2. The molecule has 2 aromatic carbocycles. The van der Waals surface area contributed by atoms with Crippen LogP contribution < -0.4 is 10.1 Å². The summed E-state index contributed by atoms with van der Waals surface area (Å²) in [7, 11) is 2.44. The number of carbonyl (C=O) groups is 3. The standard InChI is InChI=1S/C20H17N3O7/c1-27-19(25)13-5-8-15(20(26)28-2)16(9-13)22-17(24)10-29-14-6-3-12(4-7-14)18-23-21-11-30-18/h3-9,11H,10H2,1-2H3,(H,22,24). The third kappa shape index (κ3) is 4.79. The van der Waals surface area contributed by atoms with Gasteiger partial charge in [-0.2, -0.15) is 0 Å². The lowest BCUT2D eigenvalue weighted by atomic mass is 10.1. The number of amides is 1. The Morgan fingerprint density at radius 3 is 2.37 bits per heavy atom. The first kappa shape index (κ1) is 20.5. The van der Waals surface area contributed by atoms with Crippen molar-refractivity contribution < 1.29 is 33.0 Å². The molecule has 30 heavy (non-hydrogen) atoms. The molecule has 0 unspecified atom stereocenters. The predicted octanol–water partition coefficient (Wildman–Crippen LogP) is 2.33. The summed E-state index contributed by atoms with van der Waals surface area (Å²) in [4.78, 5) is 36.0. The van der Waals surface area contributed by atoms with E-state index in [2.05, 4.69) is 20.3 Å². The van der Waals surface area contributed by atoms with Crippen LogP contribution in [-0.4, -0.2) is 48.9 Å². The van der Waals surface area contributed by atoms with Gasteiger partial charge in [-0.1, -0.05) is 0 Å². The third-order valence-electron chi connectivity index (χ3n) is 3.95. The number of rotatable bonds is 7. The summed E-state index contributed by atoms with van der Waals surface area (Å²) in [5, 5.41) is 9.95. The molecule has 0 saturated heterocycles. The smallest absolute Gasteiger partial charge is 0.339 e. The van der Waals surface area contributed by atoms with Crippen LogP contribution in [0.15, 0.2) is 53.3 Å². The SMILES string of the molecule is COC(=O)c1ccc(C(=O)OC)c(NC(=O)COc2ccc(-c3nnco3)cc2)c1. The molecule has 3 aromatic rings. The van der Waals surface area contributed by atoms with E-state index in [-0.39, 0.29) is 23.4 Å². The summed E-state index contributed by atoms with van der Waals surface area (Å²) in [6.45, 7) is -0.330. The Bertz CT molecular complexity index is 1050. The van der Waals surface area contributed by atoms with E-state index in [1.165, 1.54) is 38.8 Å². The van der Waals surface area contributed by atoms with E-state index in [1.54, 1.807) is 24.3 Å². The molecule has 154 valence electrons. The Morgan fingerprint density at radius 2 is 1.73 bits per heavy atom. The number of aromatic nitrogens is 2. The van der Waals surface area contributed by atoms with Gasteiger partial charge < -0.3 is 23.9 Å². The first-order valence-corrected chi connectivity index (χ1v) is 8.61. The lowest BCUT2D eigenvalue weighted by Gasteiger charge is -2.12. The summed E-state index contributed by atoms with van der Waals surface area (Å²) in [5.74, 6) is -1.02. The van der Waals surface area contributed by atoms with Crippen molar-refractivity contribution >= 4 is 23.5 Å². The number of methoxy groups -OCH3 is 2. The largest absolute Gasteiger partial charge is 0.484 e. The average Bonchev–Trinajstić information content (AvgIpc) is 3.32. The molecule has 0 aliphatic carbocycles. The van der Waals surface area contributed by atoms with Crippen LogP contribution >= 0.6 is 0 Å². The second-order valence-corrected chi connectivity index (χ2v) is 5.85. The molecule has 0 saturated carbocycles. The van der Waals surface area contributed by atoms with Crippen LogP contribution in [0.1, 0.15) is 20.7 Å². The van der Waals surface area contributed by atoms with E-state index in [0.717, 1.165) is 0 Å². The fourth-order valence-electron chi connectivity index (χ4n) is 2.51. The molecule has 0 fully saturated rings. The van der Waals surface area contributed by atoms with E-state index in [1.807, 2.05) is 0 Å². The summed E-state index contributed by atoms with van der Waals surface area (Å²) in [5.41, 5.74) is 1.05. The van der Waals surface area contributed by atoms with Gasteiger partial charge in [-0.3, -0.25) is 4.79 Å². The Morgan fingerprint density at radius 1 is 1.00 bits per heavy atom. The Kier molecular flexibility index (Phi) is 6.38. The fraction of sp³-hybridized carbons (Fsp3) is 0.150. The van der Waals surface area contributed by atoms with Crippen molar-refractivity contribution in [3.63, 3.8) is 0 Å². The van der Waals surface area contributed by atoms with Gasteiger partial charge >= 0.3 is 11.9 Å². The minimum atomic E-state index is -0.667. The van der Waals surface area contributed by atoms with Crippen molar-refractivity contribution in [2.75, 3.05) is 26.1 Å². The number of hydrogen-bond acceptors (Lipinski definition) is 9. The molecule has 1 aromatic heterocycles. The molecular weight excluding hydrogens is 394 g/mol. The molecule has 0 aliphatic heterocycles. The van der Waals surface area contributed by atoms with Crippen LogP contribution in [0.4, 0.5) is 5.69 Å². The monoisotopic (exact) mass is 411 g/mol. The summed E-state index contributed by atoms with van der Waals surface area (Å²) in [6, 6.07) is 10.8. The highest BCUT2D eigenvalue weighted by Gasteiger charge is 2.17. The van der Waals surface area contributed by atoms with Crippen molar-refractivity contribution in [3.05, 3.63) is 60.0 Å². The Hall–Kier alpha value is -4.21. The normalized spacial score (nSPS) is 10.2. The molecule has 1 heterocycles. The molecule has 0 radical (unpaired) electrons. The van der Waals surface area contributed by atoms with Gasteiger partial charge in [-0.05, 0) is 42.5 Å². The minimum Gasteiger partial charge on any atom is -0.484 e. The van der Waals surface area contributed by atoms with Crippen LogP contribution in [0.25, 0.3) is 11.5 Å². The zero-order valence-corrected chi connectivity index (χ0v) is 16.1. The maximum absolute atomic E-state index is 12.3. The molecule has 10 heteroatoms. The first-order chi connectivity index (χ1) is 14.5. The van der Waals surface area contributed by atoms with Crippen LogP contribution in [0.3, 0.4) is 0 Å². The summed E-state index contributed by atoms with van der Waals surface area (Å²) >= 11 is 0. The lowest BCUT2D eigenvalue weighted by molar-refractivity contribution is -0.118. The maximum atomic E-state index is 12.3. The van der Waals surface area contributed by atoms with Crippen LogP contribution in [-0.2, 0) is 14.3 Å². The molecular formula is C20H17N3O7. The van der Waals surface area contributed by atoms with Gasteiger partial charge in [0.1, 0.15) is 5.75 Å². The van der Waals surface area contributed by atoms with Gasteiger partial charge in [0.15, 0.2) is 6.61 Å². The van der Waals surface area contributed by atoms with Gasteiger partial charge in [0, 0.05) is 5.56 Å². The molecule has 0 spiro atoms. The molecule has 1 N–H and O–H groups in total. The zero-order valence-electron chi connectivity index (χ0n) is 16.1. The average molecular weight is 411 g/mol. The second-order valence-electron chi connectivity index (χ2n) is 5.85. The number of hydrogen-bond donors (Lipinski definition) is 1. The van der Waals surface area contributed by atoms with Gasteiger partial charge in [0.2, 0.25) is 12.3 Å². The van der Waals surface area contributed by atoms with Crippen molar-refractivity contribution in [3.8, 4) is 17.2 Å². The quantitative estimate of drug-likeness (QED) is 0.582. The van der Waals surface area contributed by atoms with Gasteiger partial charge in [0.05, 0.1) is 31.0 Å². The lowest BCUT2D eigenvalue weighted by Crippen LogP contribution is -2.22. The van der Waals surface area contributed by atoms with Crippen molar-refractivity contribution in [1.29, 1.82) is 0 Å². The predicted molar refractivity (Wildman–Crippen MR) is 103 cm³/mol. The van der Waals surface area contributed by atoms with Crippen LogP contribution in [0, 0.1) is 0 Å². The van der Waals surface area contributed by atoms with Crippen molar-refractivity contribution in [2.24, 2.45) is 0 Å². The topological polar surface area (TPSA) is 130 Å². The van der Waals surface area contributed by atoms with Crippen molar-refractivity contribution in [1.82, 2.24) is 10.2 Å². The van der Waals surface area contributed by atoms with Crippen LogP contribution in [0.5, 0.6) is 5.75 Å².